The Morgan fingerprint density at radius 1 is 1.07 bits per heavy atom. The summed E-state index contributed by atoms with van der Waals surface area (Å²) in [7, 11) is 4.03. The lowest BCUT2D eigenvalue weighted by molar-refractivity contribution is 0.274. The normalized spacial score (nSPS) is 16.4. The van der Waals surface area contributed by atoms with Crippen molar-refractivity contribution in [3.05, 3.63) is 33.8 Å². The van der Waals surface area contributed by atoms with E-state index in [1.165, 1.54) is 32.6 Å². The second-order valence-corrected chi connectivity index (χ2v) is 7.96. The number of aliphatic imine (C=N–C) groups is 1. The van der Waals surface area contributed by atoms with Crippen LogP contribution in [0.15, 0.2) is 23.2 Å². The summed E-state index contributed by atoms with van der Waals surface area (Å²) in [4.78, 5) is 9.29. The van der Waals surface area contributed by atoms with Crippen molar-refractivity contribution in [2.24, 2.45) is 4.99 Å². The predicted octanol–water partition coefficient (Wildman–Crippen LogP) is 3.74. The Hall–Kier alpha value is -0.280. The summed E-state index contributed by atoms with van der Waals surface area (Å²) >= 11 is 12.2. The van der Waals surface area contributed by atoms with Crippen LogP contribution >= 0.6 is 47.2 Å². The molecule has 160 valence electrons. The van der Waals surface area contributed by atoms with Crippen LogP contribution in [0.25, 0.3) is 0 Å². The first-order valence-corrected chi connectivity index (χ1v) is 10.6. The topological polar surface area (TPSA) is 42.9 Å². The number of halogens is 3. The van der Waals surface area contributed by atoms with Crippen LogP contribution in [0, 0.1) is 0 Å². The number of hydrogen-bond acceptors (Lipinski definition) is 3. The highest BCUT2D eigenvalue weighted by molar-refractivity contribution is 14.0. The van der Waals surface area contributed by atoms with Gasteiger partial charge in [-0.2, -0.15) is 0 Å². The minimum Gasteiger partial charge on any atom is -0.356 e. The zero-order valence-electron chi connectivity index (χ0n) is 17.0. The molecule has 1 aromatic rings. The van der Waals surface area contributed by atoms with Crippen LogP contribution < -0.4 is 10.6 Å². The molecule has 1 aliphatic rings. The molecule has 0 aliphatic carbocycles. The summed E-state index contributed by atoms with van der Waals surface area (Å²) in [5.74, 6) is 0.868. The molecule has 0 radical (unpaired) electrons. The summed E-state index contributed by atoms with van der Waals surface area (Å²) < 4.78 is 0. The van der Waals surface area contributed by atoms with Gasteiger partial charge in [0.1, 0.15) is 0 Å². The maximum atomic E-state index is 6.22. The summed E-state index contributed by atoms with van der Waals surface area (Å²) in [6, 6.07) is 5.69. The van der Waals surface area contributed by atoms with Gasteiger partial charge in [0.05, 0.1) is 0 Å². The van der Waals surface area contributed by atoms with Gasteiger partial charge in [0, 0.05) is 43.3 Å². The third-order valence-electron chi connectivity index (χ3n) is 4.91. The molecule has 1 aromatic carbocycles. The standard InChI is InChI=1S/C20H33Cl2N5.HI/c1-23-20(24-9-3-6-17-7-8-18(21)16-19(17)22)25-10-4-12-27-13-5-11-26(2)14-15-27;/h7-8,16H,3-6,9-15H2,1-2H3,(H2,23,24,25);1H. The molecule has 1 heterocycles. The van der Waals surface area contributed by atoms with Crippen LogP contribution in [-0.4, -0.2) is 75.7 Å². The molecular weight excluding hydrogens is 508 g/mol. The van der Waals surface area contributed by atoms with Crippen LogP contribution in [0.2, 0.25) is 10.0 Å². The number of rotatable bonds is 8. The molecule has 0 aromatic heterocycles. The van der Waals surface area contributed by atoms with Gasteiger partial charge in [-0.3, -0.25) is 4.99 Å². The first-order valence-electron chi connectivity index (χ1n) is 9.88. The van der Waals surface area contributed by atoms with E-state index in [9.17, 15) is 0 Å². The largest absolute Gasteiger partial charge is 0.356 e. The van der Waals surface area contributed by atoms with Crippen molar-refractivity contribution in [1.82, 2.24) is 20.4 Å². The van der Waals surface area contributed by atoms with Crippen LogP contribution in [0.3, 0.4) is 0 Å². The summed E-state index contributed by atoms with van der Waals surface area (Å²) in [5.41, 5.74) is 1.13. The minimum absolute atomic E-state index is 0. The average Bonchev–Trinajstić information content (AvgIpc) is 2.86. The second kappa shape index (κ2) is 14.7. The Labute approximate surface area is 197 Å². The van der Waals surface area contributed by atoms with Crippen molar-refractivity contribution in [1.29, 1.82) is 0 Å². The Balaban J connectivity index is 0.00000392. The molecule has 1 aliphatic heterocycles. The van der Waals surface area contributed by atoms with Crippen molar-refractivity contribution in [3.8, 4) is 0 Å². The molecule has 2 N–H and O–H groups in total. The number of hydrogen-bond donors (Lipinski definition) is 2. The van der Waals surface area contributed by atoms with E-state index >= 15 is 0 Å². The summed E-state index contributed by atoms with van der Waals surface area (Å²) in [6.45, 7) is 7.72. The Morgan fingerprint density at radius 2 is 1.82 bits per heavy atom. The zero-order valence-corrected chi connectivity index (χ0v) is 20.9. The van der Waals surface area contributed by atoms with Crippen molar-refractivity contribution in [2.45, 2.75) is 25.7 Å². The molecule has 0 saturated carbocycles. The highest BCUT2D eigenvalue weighted by Gasteiger charge is 2.11. The van der Waals surface area contributed by atoms with E-state index in [0.29, 0.717) is 5.02 Å². The van der Waals surface area contributed by atoms with Crippen LogP contribution in [0.4, 0.5) is 0 Å². The molecule has 5 nitrogen and oxygen atoms in total. The Morgan fingerprint density at radius 3 is 2.54 bits per heavy atom. The highest BCUT2D eigenvalue weighted by atomic mass is 127. The van der Waals surface area contributed by atoms with Crippen molar-refractivity contribution >= 4 is 53.1 Å². The van der Waals surface area contributed by atoms with Gasteiger partial charge in [0.25, 0.3) is 0 Å². The maximum absolute atomic E-state index is 6.22. The number of aryl methyl sites for hydroxylation is 1. The van der Waals surface area contributed by atoms with Crippen LogP contribution in [0.5, 0.6) is 0 Å². The predicted molar refractivity (Wildman–Crippen MR) is 133 cm³/mol. The fourth-order valence-corrected chi connectivity index (χ4v) is 3.77. The van der Waals surface area contributed by atoms with Gasteiger partial charge in [-0.05, 0) is 70.1 Å². The minimum atomic E-state index is 0. The molecule has 0 amide bonds. The van der Waals surface area contributed by atoms with Gasteiger partial charge in [-0.1, -0.05) is 29.3 Å². The summed E-state index contributed by atoms with van der Waals surface area (Å²) in [5, 5.41) is 8.20. The fourth-order valence-electron chi connectivity index (χ4n) is 3.26. The van der Waals surface area contributed by atoms with Crippen LogP contribution in [-0.2, 0) is 6.42 Å². The Kier molecular flexibility index (Phi) is 13.5. The number of benzene rings is 1. The van der Waals surface area contributed by atoms with E-state index in [1.807, 2.05) is 19.2 Å². The Bertz CT molecular complexity index is 600. The van der Waals surface area contributed by atoms with Gasteiger partial charge >= 0.3 is 0 Å². The SMILES string of the molecule is CN=C(NCCCc1ccc(Cl)cc1Cl)NCCCN1CCCN(C)CC1.I. The molecule has 0 atom stereocenters. The first kappa shape index (κ1) is 25.8. The van der Waals surface area contributed by atoms with E-state index < -0.39 is 0 Å². The molecule has 0 bridgehead atoms. The van der Waals surface area contributed by atoms with Crippen LogP contribution in [0.1, 0.15) is 24.8 Å². The van der Waals surface area contributed by atoms with E-state index in [-0.39, 0.29) is 24.0 Å². The van der Waals surface area contributed by atoms with Gasteiger partial charge in [-0.25, -0.2) is 0 Å². The second-order valence-electron chi connectivity index (χ2n) is 7.12. The van der Waals surface area contributed by atoms with Gasteiger partial charge in [0.2, 0.25) is 0 Å². The monoisotopic (exact) mass is 541 g/mol. The maximum Gasteiger partial charge on any atom is 0.190 e. The molecule has 1 saturated heterocycles. The van der Waals surface area contributed by atoms with E-state index in [0.717, 1.165) is 55.4 Å². The molecule has 0 spiro atoms. The molecule has 8 heteroatoms. The lowest BCUT2D eigenvalue weighted by atomic mass is 10.1. The number of nitrogens with one attached hydrogen (secondary N) is 2. The smallest absolute Gasteiger partial charge is 0.190 e. The molecule has 0 unspecified atom stereocenters. The number of likely N-dealkylation sites (N-methyl/N-ethyl adjacent to an activating group) is 1. The van der Waals surface area contributed by atoms with Crippen molar-refractivity contribution in [3.63, 3.8) is 0 Å². The number of guanidine groups is 1. The van der Waals surface area contributed by atoms with E-state index in [4.69, 9.17) is 23.2 Å². The van der Waals surface area contributed by atoms with Gasteiger partial charge in [-0.15, -0.1) is 24.0 Å². The van der Waals surface area contributed by atoms with Crippen molar-refractivity contribution < 1.29 is 0 Å². The lowest BCUT2D eigenvalue weighted by Crippen LogP contribution is -2.39. The first-order chi connectivity index (χ1) is 13.1. The third kappa shape index (κ3) is 9.96. The summed E-state index contributed by atoms with van der Waals surface area (Å²) in [6.07, 6.45) is 4.31. The van der Waals surface area contributed by atoms with Gasteiger partial charge < -0.3 is 20.4 Å². The number of nitrogens with zero attached hydrogens (tertiary/aromatic N) is 3. The molecular formula is C20H34Cl2IN5. The third-order valence-corrected chi connectivity index (χ3v) is 5.50. The lowest BCUT2D eigenvalue weighted by Gasteiger charge is -2.20. The highest BCUT2D eigenvalue weighted by Crippen LogP contribution is 2.21. The fraction of sp³-hybridized carbons (Fsp3) is 0.650. The van der Waals surface area contributed by atoms with E-state index in [2.05, 4.69) is 32.5 Å². The quantitative estimate of drug-likeness (QED) is 0.228. The molecule has 28 heavy (non-hydrogen) atoms. The van der Waals surface area contributed by atoms with E-state index in [1.54, 1.807) is 6.07 Å². The zero-order chi connectivity index (χ0) is 19.5. The average molecular weight is 542 g/mol. The molecule has 1 fully saturated rings. The van der Waals surface area contributed by atoms with Gasteiger partial charge in [0.15, 0.2) is 5.96 Å². The van der Waals surface area contributed by atoms with Crippen molar-refractivity contribution in [2.75, 3.05) is 59.9 Å². The molecule has 2 rings (SSSR count).